The molecule has 9 heavy (non-hydrogen) atoms. The van der Waals surface area contributed by atoms with Crippen LogP contribution in [0.4, 0.5) is 0 Å². The van der Waals surface area contributed by atoms with Gasteiger partial charge in [0.1, 0.15) is 0 Å². The van der Waals surface area contributed by atoms with Crippen LogP contribution in [-0.4, -0.2) is 11.7 Å². The molecule has 0 aromatic rings. The van der Waals surface area contributed by atoms with Crippen molar-refractivity contribution in [2.45, 2.75) is 25.7 Å². The van der Waals surface area contributed by atoms with Crippen molar-refractivity contribution in [2.75, 3.05) is 6.61 Å². The molecule has 3 saturated carbocycles. The van der Waals surface area contributed by atoms with Crippen LogP contribution in [0.2, 0.25) is 0 Å². The summed E-state index contributed by atoms with van der Waals surface area (Å²) < 4.78 is 0. The smallest absolute Gasteiger partial charge is 0.0465 e. The maximum atomic E-state index is 8.84. The van der Waals surface area contributed by atoms with Crippen LogP contribution in [0.25, 0.3) is 0 Å². The van der Waals surface area contributed by atoms with E-state index in [2.05, 4.69) is 0 Å². The maximum absolute atomic E-state index is 8.84. The molecule has 0 saturated heterocycles. The maximum Gasteiger partial charge on any atom is 0.0465 e. The van der Waals surface area contributed by atoms with Gasteiger partial charge in [-0.05, 0) is 42.4 Å². The highest BCUT2D eigenvalue weighted by Gasteiger charge is 2.83. The summed E-state index contributed by atoms with van der Waals surface area (Å²) in [4.78, 5) is 0. The van der Waals surface area contributed by atoms with Gasteiger partial charge in [-0.1, -0.05) is 0 Å². The van der Waals surface area contributed by atoms with Gasteiger partial charge in [0, 0.05) is 6.61 Å². The lowest BCUT2D eigenvalue weighted by Gasteiger charge is -1.87. The minimum atomic E-state index is 0.460. The van der Waals surface area contributed by atoms with E-state index in [-0.39, 0.29) is 0 Å². The zero-order chi connectivity index (χ0) is 6.11. The molecule has 0 aliphatic heterocycles. The standard InChI is InChI=1S/C8H12O/c9-4-6-3-8(6)5-7(8)1-2-7/h6,9H,1-5H2/t6-,8+/m1/s1. The molecule has 0 unspecified atom stereocenters. The summed E-state index contributed by atoms with van der Waals surface area (Å²) in [6, 6.07) is 0. The van der Waals surface area contributed by atoms with Gasteiger partial charge < -0.3 is 5.11 Å². The second kappa shape index (κ2) is 0.968. The van der Waals surface area contributed by atoms with Gasteiger partial charge in [0.15, 0.2) is 0 Å². The van der Waals surface area contributed by atoms with Crippen molar-refractivity contribution < 1.29 is 5.11 Å². The predicted molar refractivity (Wildman–Crippen MR) is 33.9 cm³/mol. The normalized spacial score (nSPS) is 56.3. The van der Waals surface area contributed by atoms with Crippen LogP contribution in [-0.2, 0) is 0 Å². The van der Waals surface area contributed by atoms with Crippen molar-refractivity contribution in [3.63, 3.8) is 0 Å². The Morgan fingerprint density at radius 3 is 2.56 bits per heavy atom. The van der Waals surface area contributed by atoms with Crippen LogP contribution in [0.15, 0.2) is 0 Å². The summed E-state index contributed by atoms with van der Waals surface area (Å²) >= 11 is 0. The van der Waals surface area contributed by atoms with Crippen molar-refractivity contribution in [1.29, 1.82) is 0 Å². The monoisotopic (exact) mass is 124 g/mol. The van der Waals surface area contributed by atoms with E-state index >= 15 is 0 Å². The molecule has 0 bridgehead atoms. The summed E-state index contributed by atoms with van der Waals surface area (Å²) in [5, 5.41) is 8.84. The predicted octanol–water partition coefficient (Wildman–Crippen LogP) is 1.17. The van der Waals surface area contributed by atoms with Gasteiger partial charge in [0.25, 0.3) is 0 Å². The average molecular weight is 124 g/mol. The molecule has 3 aliphatic carbocycles. The molecule has 0 aromatic carbocycles. The van der Waals surface area contributed by atoms with Gasteiger partial charge >= 0.3 is 0 Å². The molecule has 0 amide bonds. The Balaban J connectivity index is 1.83. The Hall–Kier alpha value is -0.0400. The number of hydrogen-bond acceptors (Lipinski definition) is 1. The van der Waals surface area contributed by atoms with Gasteiger partial charge in [-0.25, -0.2) is 0 Å². The van der Waals surface area contributed by atoms with Crippen molar-refractivity contribution in [3.8, 4) is 0 Å². The fourth-order valence-electron chi connectivity index (χ4n) is 2.87. The Labute approximate surface area is 55.1 Å². The van der Waals surface area contributed by atoms with Crippen molar-refractivity contribution >= 4 is 0 Å². The minimum Gasteiger partial charge on any atom is -0.396 e. The third kappa shape index (κ3) is 0.337. The number of fused-ring (bicyclic) bond motifs is 1. The third-order valence-electron chi connectivity index (χ3n) is 3.89. The summed E-state index contributed by atoms with van der Waals surface area (Å²) in [7, 11) is 0. The molecule has 3 aliphatic rings. The van der Waals surface area contributed by atoms with Crippen molar-refractivity contribution in [3.05, 3.63) is 0 Å². The van der Waals surface area contributed by atoms with Crippen LogP contribution in [0.1, 0.15) is 25.7 Å². The average Bonchev–Trinajstić information content (AvgIpc) is 2.69. The Morgan fingerprint density at radius 1 is 1.44 bits per heavy atom. The number of rotatable bonds is 1. The lowest BCUT2D eigenvalue weighted by Crippen LogP contribution is -1.89. The first-order valence-electron chi connectivity index (χ1n) is 3.94. The van der Waals surface area contributed by atoms with E-state index in [1.165, 1.54) is 25.7 Å². The molecular formula is C8H12O. The summed E-state index contributed by atoms with van der Waals surface area (Å²) in [6.45, 7) is 0.460. The summed E-state index contributed by atoms with van der Waals surface area (Å²) in [5.74, 6) is 0.722. The number of aliphatic hydroxyl groups is 1. The molecular weight excluding hydrogens is 112 g/mol. The molecule has 3 rings (SSSR count). The lowest BCUT2D eigenvalue weighted by atomic mass is 10.2. The molecule has 50 valence electrons. The largest absolute Gasteiger partial charge is 0.396 e. The van der Waals surface area contributed by atoms with E-state index in [0.29, 0.717) is 6.61 Å². The van der Waals surface area contributed by atoms with Gasteiger partial charge in [-0.15, -0.1) is 0 Å². The summed E-state index contributed by atoms with van der Waals surface area (Å²) in [6.07, 6.45) is 5.77. The van der Waals surface area contributed by atoms with Crippen LogP contribution >= 0.6 is 0 Å². The van der Waals surface area contributed by atoms with Crippen LogP contribution in [0.5, 0.6) is 0 Å². The first kappa shape index (κ1) is 4.73. The van der Waals surface area contributed by atoms with E-state index in [1.54, 1.807) is 0 Å². The molecule has 3 fully saturated rings. The Morgan fingerprint density at radius 2 is 2.22 bits per heavy atom. The highest BCUT2D eigenvalue weighted by Crippen LogP contribution is 2.91. The quantitative estimate of drug-likeness (QED) is 0.556. The molecule has 2 spiro atoms. The molecule has 0 heterocycles. The zero-order valence-corrected chi connectivity index (χ0v) is 5.56. The molecule has 0 radical (unpaired) electrons. The second-order valence-electron chi connectivity index (χ2n) is 4.20. The topological polar surface area (TPSA) is 20.2 Å². The lowest BCUT2D eigenvalue weighted by molar-refractivity contribution is 0.264. The molecule has 0 aromatic heterocycles. The third-order valence-corrected chi connectivity index (χ3v) is 3.89. The van der Waals surface area contributed by atoms with Gasteiger partial charge in [-0.3, -0.25) is 0 Å². The summed E-state index contributed by atoms with van der Waals surface area (Å²) in [5.41, 5.74) is 1.54. The molecule has 2 atom stereocenters. The van der Waals surface area contributed by atoms with Gasteiger partial charge in [0.05, 0.1) is 0 Å². The highest BCUT2D eigenvalue weighted by atomic mass is 16.3. The van der Waals surface area contributed by atoms with E-state index in [9.17, 15) is 0 Å². The van der Waals surface area contributed by atoms with E-state index in [1.807, 2.05) is 0 Å². The molecule has 1 heteroatoms. The highest BCUT2D eigenvalue weighted by molar-refractivity contribution is 5.32. The fourth-order valence-corrected chi connectivity index (χ4v) is 2.87. The van der Waals surface area contributed by atoms with Crippen LogP contribution < -0.4 is 0 Å². The van der Waals surface area contributed by atoms with Gasteiger partial charge in [0.2, 0.25) is 0 Å². The molecule has 1 nitrogen and oxygen atoms in total. The van der Waals surface area contributed by atoms with Gasteiger partial charge in [-0.2, -0.15) is 0 Å². The van der Waals surface area contributed by atoms with Crippen LogP contribution in [0.3, 0.4) is 0 Å². The molecule has 1 N–H and O–H groups in total. The van der Waals surface area contributed by atoms with Crippen molar-refractivity contribution in [2.24, 2.45) is 16.7 Å². The van der Waals surface area contributed by atoms with Crippen LogP contribution in [0, 0.1) is 16.7 Å². The SMILES string of the molecule is OC[C@H]1C[C@]12CC21CC1. The second-order valence-corrected chi connectivity index (χ2v) is 4.20. The fraction of sp³-hybridized carbons (Fsp3) is 1.00. The van der Waals surface area contributed by atoms with Crippen molar-refractivity contribution in [1.82, 2.24) is 0 Å². The first-order valence-corrected chi connectivity index (χ1v) is 3.94. The zero-order valence-electron chi connectivity index (χ0n) is 5.56. The number of hydrogen-bond donors (Lipinski definition) is 1. The number of aliphatic hydroxyl groups excluding tert-OH is 1. The first-order chi connectivity index (χ1) is 4.33. The van der Waals surface area contributed by atoms with E-state index in [0.717, 1.165) is 16.7 Å². The Bertz CT molecular complexity index is 171. The van der Waals surface area contributed by atoms with E-state index < -0.39 is 0 Å². The Kier molecular flexibility index (Phi) is 0.508. The minimum absolute atomic E-state index is 0.460. The van der Waals surface area contributed by atoms with E-state index in [4.69, 9.17) is 5.11 Å².